The molecule has 0 radical (unpaired) electrons. The monoisotopic (exact) mass is 324 g/mol. The average Bonchev–Trinajstić information content (AvgIpc) is 3.23. The van der Waals surface area contributed by atoms with E-state index < -0.39 is 0 Å². The third-order valence-electron chi connectivity index (χ3n) is 3.37. The fourth-order valence-corrected chi connectivity index (χ4v) is 2.55. The van der Waals surface area contributed by atoms with Crippen molar-refractivity contribution >= 4 is 23.3 Å². The number of nitrogens with zero attached hydrogens (tertiary/aromatic N) is 1. The van der Waals surface area contributed by atoms with Crippen LogP contribution >= 0.6 is 11.6 Å². The number of halogens is 1. The molecule has 1 aliphatic carbocycles. The number of benzene rings is 1. The minimum absolute atomic E-state index is 0.00856. The lowest BCUT2D eigenvalue weighted by molar-refractivity contribution is 0.200. The predicted octanol–water partition coefficient (Wildman–Crippen LogP) is 4.78. The SMILES string of the molecule is CC(C)CN(C(=O)Nc1cccc(Cl)c1OC(C)C)C1CC1. The molecular formula is C17H25ClN2O2. The van der Waals surface area contributed by atoms with Crippen LogP contribution in [0.5, 0.6) is 5.75 Å². The maximum atomic E-state index is 12.6. The van der Waals surface area contributed by atoms with Crippen molar-refractivity contribution in [1.82, 2.24) is 4.90 Å². The van der Waals surface area contributed by atoms with E-state index in [0.29, 0.717) is 28.4 Å². The molecule has 1 saturated carbocycles. The highest BCUT2D eigenvalue weighted by molar-refractivity contribution is 6.32. The Bertz CT molecular complexity index is 527. The van der Waals surface area contributed by atoms with Crippen LogP contribution in [0.25, 0.3) is 0 Å². The van der Waals surface area contributed by atoms with Crippen molar-refractivity contribution < 1.29 is 9.53 Å². The molecule has 0 aromatic heterocycles. The molecule has 0 aliphatic heterocycles. The number of carbonyl (C=O) groups excluding carboxylic acids is 1. The van der Waals surface area contributed by atoms with E-state index >= 15 is 0 Å². The molecule has 122 valence electrons. The molecule has 0 heterocycles. The van der Waals surface area contributed by atoms with Gasteiger partial charge in [0, 0.05) is 12.6 Å². The van der Waals surface area contributed by atoms with E-state index in [0.717, 1.165) is 19.4 Å². The van der Waals surface area contributed by atoms with Gasteiger partial charge in [-0.05, 0) is 44.7 Å². The summed E-state index contributed by atoms with van der Waals surface area (Å²) in [6.07, 6.45) is 2.17. The summed E-state index contributed by atoms with van der Waals surface area (Å²) in [5.41, 5.74) is 0.626. The molecule has 2 rings (SSSR count). The van der Waals surface area contributed by atoms with Gasteiger partial charge in [0.15, 0.2) is 5.75 Å². The van der Waals surface area contributed by atoms with Crippen molar-refractivity contribution in [1.29, 1.82) is 0 Å². The lowest BCUT2D eigenvalue weighted by atomic mass is 10.2. The van der Waals surface area contributed by atoms with Gasteiger partial charge in [0.1, 0.15) is 0 Å². The number of carbonyl (C=O) groups is 1. The summed E-state index contributed by atoms with van der Waals surface area (Å²) < 4.78 is 5.75. The quantitative estimate of drug-likeness (QED) is 0.818. The predicted molar refractivity (Wildman–Crippen MR) is 90.8 cm³/mol. The van der Waals surface area contributed by atoms with Crippen LogP contribution in [-0.2, 0) is 0 Å². The number of nitrogens with one attached hydrogen (secondary N) is 1. The second-order valence-electron chi connectivity index (χ2n) is 6.49. The van der Waals surface area contributed by atoms with Gasteiger partial charge in [0.25, 0.3) is 0 Å². The first-order chi connectivity index (χ1) is 10.4. The minimum atomic E-state index is -0.0768. The van der Waals surface area contributed by atoms with Crippen molar-refractivity contribution in [2.75, 3.05) is 11.9 Å². The normalized spacial score (nSPS) is 14.3. The van der Waals surface area contributed by atoms with Crippen LogP contribution in [-0.4, -0.2) is 29.6 Å². The summed E-state index contributed by atoms with van der Waals surface area (Å²) in [4.78, 5) is 14.5. The number of amides is 2. The maximum Gasteiger partial charge on any atom is 0.322 e. The number of rotatable bonds is 6. The molecule has 1 aromatic carbocycles. The summed E-state index contributed by atoms with van der Waals surface area (Å²) in [7, 11) is 0. The zero-order valence-corrected chi connectivity index (χ0v) is 14.5. The molecule has 0 bridgehead atoms. The van der Waals surface area contributed by atoms with Crippen LogP contribution in [0, 0.1) is 5.92 Å². The third kappa shape index (κ3) is 4.54. The maximum absolute atomic E-state index is 12.6. The van der Waals surface area contributed by atoms with Crippen molar-refractivity contribution in [2.24, 2.45) is 5.92 Å². The largest absolute Gasteiger partial charge is 0.487 e. The number of anilines is 1. The molecule has 22 heavy (non-hydrogen) atoms. The van der Waals surface area contributed by atoms with E-state index in [-0.39, 0.29) is 12.1 Å². The fraction of sp³-hybridized carbons (Fsp3) is 0.588. The Morgan fingerprint density at radius 1 is 1.36 bits per heavy atom. The van der Waals surface area contributed by atoms with Gasteiger partial charge >= 0.3 is 6.03 Å². The van der Waals surface area contributed by atoms with Gasteiger partial charge in [-0.1, -0.05) is 31.5 Å². The molecule has 1 aromatic rings. The number of hydrogen-bond donors (Lipinski definition) is 1. The number of urea groups is 1. The van der Waals surface area contributed by atoms with Crippen LogP contribution in [0.4, 0.5) is 10.5 Å². The highest BCUT2D eigenvalue weighted by Crippen LogP contribution is 2.35. The fourth-order valence-electron chi connectivity index (χ4n) is 2.33. The molecule has 1 fully saturated rings. The van der Waals surface area contributed by atoms with Gasteiger partial charge < -0.3 is 15.0 Å². The number of para-hydroxylation sites is 1. The molecule has 1 aliphatic rings. The second-order valence-corrected chi connectivity index (χ2v) is 6.90. The Hall–Kier alpha value is -1.42. The van der Waals surface area contributed by atoms with Gasteiger partial charge in [0.2, 0.25) is 0 Å². The van der Waals surface area contributed by atoms with Crippen LogP contribution in [0.2, 0.25) is 5.02 Å². The first-order valence-electron chi connectivity index (χ1n) is 7.91. The number of ether oxygens (including phenoxy) is 1. The highest BCUT2D eigenvalue weighted by atomic mass is 35.5. The van der Waals surface area contributed by atoms with Crippen molar-refractivity contribution in [2.45, 2.75) is 52.7 Å². The van der Waals surface area contributed by atoms with E-state index in [1.807, 2.05) is 30.9 Å². The van der Waals surface area contributed by atoms with E-state index in [9.17, 15) is 4.79 Å². The summed E-state index contributed by atoms with van der Waals surface area (Å²) in [5, 5.41) is 3.47. The molecule has 4 nitrogen and oxygen atoms in total. The summed E-state index contributed by atoms with van der Waals surface area (Å²) in [6, 6.07) is 5.70. The summed E-state index contributed by atoms with van der Waals surface area (Å²) >= 11 is 6.21. The second kappa shape index (κ2) is 7.23. The van der Waals surface area contributed by atoms with Crippen LogP contribution < -0.4 is 10.1 Å². The first-order valence-corrected chi connectivity index (χ1v) is 8.29. The van der Waals surface area contributed by atoms with Gasteiger partial charge in [-0.3, -0.25) is 0 Å². The van der Waals surface area contributed by atoms with Gasteiger partial charge in [0.05, 0.1) is 16.8 Å². The zero-order valence-electron chi connectivity index (χ0n) is 13.7. The highest BCUT2D eigenvalue weighted by Gasteiger charge is 2.33. The van der Waals surface area contributed by atoms with Gasteiger partial charge in [-0.25, -0.2) is 4.79 Å². The Kier molecular flexibility index (Phi) is 5.57. The molecule has 5 heteroatoms. The van der Waals surface area contributed by atoms with E-state index in [1.54, 1.807) is 6.07 Å². The minimum Gasteiger partial charge on any atom is -0.487 e. The van der Waals surface area contributed by atoms with Gasteiger partial charge in [-0.2, -0.15) is 0 Å². The summed E-state index contributed by atoms with van der Waals surface area (Å²) in [6.45, 7) is 8.87. The van der Waals surface area contributed by atoms with Crippen LogP contribution in [0.3, 0.4) is 0 Å². The third-order valence-corrected chi connectivity index (χ3v) is 3.67. The van der Waals surface area contributed by atoms with E-state index in [2.05, 4.69) is 19.2 Å². The Labute approximate surface area is 137 Å². The Morgan fingerprint density at radius 3 is 2.59 bits per heavy atom. The molecular weight excluding hydrogens is 300 g/mol. The standard InChI is InChI=1S/C17H25ClN2O2/c1-11(2)10-20(13-8-9-13)17(21)19-15-7-5-6-14(18)16(15)22-12(3)4/h5-7,11-13H,8-10H2,1-4H3,(H,19,21). The van der Waals surface area contributed by atoms with E-state index in [4.69, 9.17) is 16.3 Å². The van der Waals surface area contributed by atoms with E-state index in [1.165, 1.54) is 0 Å². The topological polar surface area (TPSA) is 41.6 Å². The first kappa shape index (κ1) is 16.9. The molecule has 0 spiro atoms. The smallest absolute Gasteiger partial charge is 0.322 e. The zero-order chi connectivity index (χ0) is 16.3. The van der Waals surface area contributed by atoms with Crippen molar-refractivity contribution in [3.63, 3.8) is 0 Å². The van der Waals surface area contributed by atoms with Crippen molar-refractivity contribution in [3.8, 4) is 5.75 Å². The summed E-state index contributed by atoms with van der Waals surface area (Å²) in [5.74, 6) is 0.977. The Balaban J connectivity index is 2.14. The number of hydrogen-bond acceptors (Lipinski definition) is 2. The lowest BCUT2D eigenvalue weighted by Crippen LogP contribution is -2.39. The van der Waals surface area contributed by atoms with Crippen molar-refractivity contribution in [3.05, 3.63) is 23.2 Å². The average molecular weight is 325 g/mol. The molecule has 1 N–H and O–H groups in total. The molecule has 0 saturated heterocycles. The molecule has 0 unspecified atom stereocenters. The lowest BCUT2D eigenvalue weighted by Gasteiger charge is -2.25. The van der Waals surface area contributed by atoms with Gasteiger partial charge in [-0.15, -0.1) is 0 Å². The Morgan fingerprint density at radius 2 is 2.05 bits per heavy atom. The molecule has 0 atom stereocenters. The molecule has 2 amide bonds. The van der Waals surface area contributed by atoms with Crippen LogP contribution in [0.1, 0.15) is 40.5 Å². The van der Waals surface area contributed by atoms with Crippen LogP contribution in [0.15, 0.2) is 18.2 Å².